The van der Waals surface area contributed by atoms with Crippen LogP contribution in [0.1, 0.15) is 45.4 Å². The number of carboxylic acids is 1. The fourth-order valence-corrected chi connectivity index (χ4v) is 3.15. The molecule has 1 heterocycles. The van der Waals surface area contributed by atoms with Crippen molar-refractivity contribution in [2.75, 3.05) is 13.1 Å². The highest BCUT2D eigenvalue weighted by atomic mass is 16.4. The van der Waals surface area contributed by atoms with Gasteiger partial charge in [0.1, 0.15) is 0 Å². The van der Waals surface area contributed by atoms with Gasteiger partial charge in [-0.2, -0.15) is 0 Å². The Morgan fingerprint density at radius 2 is 2.00 bits per heavy atom. The number of aliphatic hydroxyl groups is 1. The number of aliphatic carboxylic acids is 1. The summed E-state index contributed by atoms with van der Waals surface area (Å²) in [6, 6.07) is 0.179. The lowest BCUT2D eigenvalue weighted by atomic mass is 9.90. The van der Waals surface area contributed by atoms with E-state index in [-0.39, 0.29) is 12.1 Å². The molecule has 1 aliphatic heterocycles. The van der Waals surface area contributed by atoms with Crippen LogP contribution in [0, 0.1) is 5.41 Å². The summed E-state index contributed by atoms with van der Waals surface area (Å²) >= 11 is 0. The maximum Gasteiger partial charge on any atom is 0.310 e. The molecule has 2 aliphatic rings. The van der Waals surface area contributed by atoms with Crippen molar-refractivity contribution in [3.63, 3.8) is 0 Å². The lowest BCUT2D eigenvalue weighted by Crippen LogP contribution is -2.43. The van der Waals surface area contributed by atoms with E-state index in [1.165, 1.54) is 6.42 Å². The summed E-state index contributed by atoms with van der Waals surface area (Å²) in [6.07, 6.45) is 5.75. The van der Waals surface area contributed by atoms with Crippen LogP contribution in [0.2, 0.25) is 0 Å². The molecule has 0 aromatic carbocycles. The summed E-state index contributed by atoms with van der Waals surface area (Å²) in [4.78, 5) is 13.4. The van der Waals surface area contributed by atoms with Gasteiger partial charge in [0.05, 0.1) is 11.5 Å². The number of aliphatic hydroxyl groups excluding tert-OH is 1. The summed E-state index contributed by atoms with van der Waals surface area (Å²) in [5.41, 5.74) is -0.619. The third-order valence-corrected chi connectivity index (χ3v) is 4.43. The molecule has 3 unspecified atom stereocenters. The van der Waals surface area contributed by atoms with Gasteiger partial charge >= 0.3 is 5.97 Å². The van der Waals surface area contributed by atoms with Crippen LogP contribution in [0.15, 0.2) is 0 Å². The molecule has 0 radical (unpaired) electrons. The van der Waals surface area contributed by atoms with E-state index in [1.807, 2.05) is 6.92 Å². The molecular weight excluding hydrogens is 218 g/mol. The van der Waals surface area contributed by atoms with Crippen LogP contribution in [0.5, 0.6) is 0 Å². The Kier molecular flexibility index (Phi) is 3.73. The number of rotatable bonds is 2. The van der Waals surface area contributed by atoms with E-state index in [1.54, 1.807) is 0 Å². The van der Waals surface area contributed by atoms with Crippen LogP contribution < -0.4 is 0 Å². The number of nitrogens with zero attached hydrogens (tertiary/aromatic N) is 1. The quantitative estimate of drug-likeness (QED) is 0.719. The van der Waals surface area contributed by atoms with Gasteiger partial charge in [0.2, 0.25) is 0 Å². The van der Waals surface area contributed by atoms with Crippen LogP contribution >= 0.6 is 0 Å². The summed E-state index contributed by atoms with van der Waals surface area (Å²) in [7, 11) is 0. The van der Waals surface area contributed by atoms with E-state index in [2.05, 4.69) is 4.90 Å². The van der Waals surface area contributed by atoms with Crippen LogP contribution in [0.25, 0.3) is 0 Å². The van der Waals surface area contributed by atoms with E-state index in [4.69, 9.17) is 0 Å². The molecule has 3 atom stereocenters. The van der Waals surface area contributed by atoms with Crippen LogP contribution in [-0.4, -0.2) is 46.3 Å². The van der Waals surface area contributed by atoms with Crippen molar-refractivity contribution < 1.29 is 15.0 Å². The Bertz CT molecular complexity index is 294. The average Bonchev–Trinajstić information content (AvgIpc) is 2.54. The zero-order valence-corrected chi connectivity index (χ0v) is 10.6. The first-order valence-electron chi connectivity index (χ1n) is 6.68. The first-order valence-corrected chi connectivity index (χ1v) is 6.68. The van der Waals surface area contributed by atoms with Gasteiger partial charge < -0.3 is 10.2 Å². The molecule has 2 rings (SSSR count). The molecule has 2 N–H and O–H groups in total. The minimum absolute atomic E-state index is 0.179. The van der Waals surface area contributed by atoms with Crippen molar-refractivity contribution >= 4 is 5.97 Å². The second-order valence-corrected chi connectivity index (χ2v) is 5.86. The molecule has 98 valence electrons. The molecule has 0 amide bonds. The monoisotopic (exact) mass is 241 g/mol. The molecule has 2 fully saturated rings. The highest BCUT2D eigenvalue weighted by Crippen LogP contribution is 2.34. The van der Waals surface area contributed by atoms with Crippen LogP contribution in [-0.2, 0) is 4.79 Å². The largest absolute Gasteiger partial charge is 0.481 e. The maximum absolute atomic E-state index is 11.2. The predicted octanol–water partition coefficient (Wildman–Crippen LogP) is 1.48. The van der Waals surface area contributed by atoms with E-state index >= 15 is 0 Å². The van der Waals surface area contributed by atoms with E-state index in [9.17, 15) is 15.0 Å². The molecule has 1 aliphatic carbocycles. The minimum Gasteiger partial charge on any atom is -0.481 e. The molecule has 4 nitrogen and oxygen atoms in total. The molecule has 4 heteroatoms. The second kappa shape index (κ2) is 4.94. The molecule has 0 spiro atoms. The standard InChI is InChI=1S/C13H23NO3/c1-13(12(16)17)7-8-14(9-13)10-5-3-2-4-6-11(10)15/h10-11,15H,2-9H2,1H3,(H,16,17). The molecule has 17 heavy (non-hydrogen) atoms. The van der Waals surface area contributed by atoms with Crippen molar-refractivity contribution in [2.45, 2.75) is 57.6 Å². The van der Waals surface area contributed by atoms with Crippen molar-refractivity contribution in [3.8, 4) is 0 Å². The van der Waals surface area contributed by atoms with Gasteiger partial charge in [-0.15, -0.1) is 0 Å². The van der Waals surface area contributed by atoms with Crippen molar-refractivity contribution in [3.05, 3.63) is 0 Å². The number of likely N-dealkylation sites (tertiary alicyclic amines) is 1. The van der Waals surface area contributed by atoms with Gasteiger partial charge in [-0.05, 0) is 32.7 Å². The number of hydrogen-bond acceptors (Lipinski definition) is 3. The summed E-state index contributed by atoms with van der Waals surface area (Å²) < 4.78 is 0. The maximum atomic E-state index is 11.2. The smallest absolute Gasteiger partial charge is 0.310 e. The summed E-state index contributed by atoms with van der Waals surface area (Å²) in [5.74, 6) is -0.705. The molecule has 1 saturated carbocycles. The van der Waals surface area contributed by atoms with Crippen molar-refractivity contribution in [1.82, 2.24) is 4.90 Å². The lowest BCUT2D eigenvalue weighted by molar-refractivity contribution is -0.147. The Morgan fingerprint density at radius 1 is 1.29 bits per heavy atom. The Hall–Kier alpha value is -0.610. The molecule has 0 aromatic heterocycles. The number of carbonyl (C=O) groups is 1. The topological polar surface area (TPSA) is 60.8 Å². The first-order chi connectivity index (χ1) is 8.03. The third kappa shape index (κ3) is 2.63. The fraction of sp³-hybridized carbons (Fsp3) is 0.923. The normalized spacial score (nSPS) is 40.1. The van der Waals surface area contributed by atoms with E-state index in [0.717, 1.165) is 32.2 Å². The van der Waals surface area contributed by atoms with Gasteiger partial charge in [0.15, 0.2) is 0 Å². The fourth-order valence-electron chi connectivity index (χ4n) is 3.15. The van der Waals surface area contributed by atoms with Crippen LogP contribution in [0.4, 0.5) is 0 Å². The lowest BCUT2D eigenvalue weighted by Gasteiger charge is -2.31. The van der Waals surface area contributed by atoms with Gasteiger partial charge in [-0.1, -0.05) is 19.3 Å². The second-order valence-electron chi connectivity index (χ2n) is 5.86. The van der Waals surface area contributed by atoms with Crippen LogP contribution in [0.3, 0.4) is 0 Å². The van der Waals surface area contributed by atoms with Gasteiger partial charge in [0.25, 0.3) is 0 Å². The summed E-state index contributed by atoms with van der Waals surface area (Å²) in [5, 5.41) is 19.4. The molecule has 1 saturated heterocycles. The Balaban J connectivity index is 2.01. The number of hydrogen-bond donors (Lipinski definition) is 2. The molecule has 0 bridgehead atoms. The highest BCUT2D eigenvalue weighted by molar-refractivity contribution is 5.74. The van der Waals surface area contributed by atoms with Gasteiger partial charge in [-0.3, -0.25) is 9.69 Å². The first kappa shape index (κ1) is 12.8. The minimum atomic E-state index is -0.705. The zero-order chi connectivity index (χ0) is 12.5. The van der Waals surface area contributed by atoms with Gasteiger partial charge in [0, 0.05) is 12.6 Å². The Labute approximate surface area is 103 Å². The highest BCUT2D eigenvalue weighted by Gasteiger charge is 2.43. The molecule has 0 aromatic rings. The SMILES string of the molecule is CC1(C(=O)O)CCN(C2CCCCCC2O)C1. The average molecular weight is 241 g/mol. The van der Waals surface area contributed by atoms with Gasteiger partial charge in [-0.25, -0.2) is 0 Å². The summed E-state index contributed by atoms with van der Waals surface area (Å²) in [6.45, 7) is 3.22. The van der Waals surface area contributed by atoms with E-state index in [0.29, 0.717) is 13.0 Å². The van der Waals surface area contributed by atoms with E-state index < -0.39 is 11.4 Å². The zero-order valence-electron chi connectivity index (χ0n) is 10.6. The predicted molar refractivity (Wildman–Crippen MR) is 64.8 cm³/mol. The third-order valence-electron chi connectivity index (χ3n) is 4.43. The number of carboxylic acid groups (broad SMARTS) is 1. The Morgan fingerprint density at radius 3 is 2.65 bits per heavy atom. The van der Waals surface area contributed by atoms with Crippen molar-refractivity contribution in [1.29, 1.82) is 0 Å². The molecular formula is C13H23NO3. The van der Waals surface area contributed by atoms with Crippen molar-refractivity contribution in [2.24, 2.45) is 5.41 Å².